The van der Waals surface area contributed by atoms with E-state index in [1.165, 1.54) is 11.3 Å². The molecular formula is C18H21ClN2O3S. The van der Waals surface area contributed by atoms with Gasteiger partial charge in [-0.1, -0.05) is 50.4 Å². The van der Waals surface area contributed by atoms with Crippen molar-refractivity contribution in [1.29, 1.82) is 0 Å². The molecule has 1 atom stereocenters. The minimum Gasteiger partial charge on any atom is -0.480 e. The zero-order chi connectivity index (χ0) is 18.4. The Morgan fingerprint density at radius 2 is 2.04 bits per heavy atom. The highest BCUT2D eigenvalue weighted by molar-refractivity contribution is 7.13. The van der Waals surface area contributed by atoms with Crippen molar-refractivity contribution in [2.24, 2.45) is 5.92 Å². The molecule has 2 rings (SSSR count). The van der Waals surface area contributed by atoms with Crippen LogP contribution in [0.5, 0.6) is 0 Å². The van der Waals surface area contributed by atoms with Crippen LogP contribution in [0.25, 0.3) is 10.6 Å². The highest BCUT2D eigenvalue weighted by Gasteiger charge is 2.27. The van der Waals surface area contributed by atoms with Gasteiger partial charge in [-0.3, -0.25) is 4.79 Å². The molecular weight excluding hydrogens is 360 g/mol. The maximum atomic E-state index is 12.2. The number of aliphatic carboxylic acids is 1. The minimum atomic E-state index is -1.00. The molecule has 1 aromatic carbocycles. The lowest BCUT2D eigenvalue weighted by Crippen LogP contribution is -2.46. The smallest absolute Gasteiger partial charge is 0.326 e. The number of carbonyl (C=O) groups excluding carboxylic acids is 1. The highest BCUT2D eigenvalue weighted by atomic mass is 35.5. The van der Waals surface area contributed by atoms with Crippen LogP contribution in [0, 0.1) is 5.92 Å². The maximum Gasteiger partial charge on any atom is 0.326 e. The van der Waals surface area contributed by atoms with Crippen molar-refractivity contribution in [1.82, 2.24) is 10.3 Å². The van der Waals surface area contributed by atoms with Crippen LogP contribution in [0.15, 0.2) is 29.6 Å². The number of halogens is 1. The standard InChI is InChI=1S/C18H21ClN2O3S/c1-3-11(4-2)16(18(23)24)21-15(22)9-14-10-25-17(20-14)12-6-5-7-13(19)8-12/h5-8,10-11,16H,3-4,9H2,1-2H3,(H,21,22)(H,23,24). The molecule has 2 N–H and O–H groups in total. The van der Waals surface area contributed by atoms with Crippen LogP contribution < -0.4 is 5.32 Å². The van der Waals surface area contributed by atoms with Crippen LogP contribution in [-0.4, -0.2) is 28.0 Å². The Kier molecular flexibility index (Phi) is 6.96. The Labute approximate surface area is 156 Å². The van der Waals surface area contributed by atoms with Crippen molar-refractivity contribution in [3.8, 4) is 10.6 Å². The first-order valence-corrected chi connectivity index (χ1v) is 9.42. The van der Waals surface area contributed by atoms with Gasteiger partial charge in [0.25, 0.3) is 0 Å². The molecule has 0 fully saturated rings. The molecule has 7 heteroatoms. The largest absolute Gasteiger partial charge is 0.480 e. The molecule has 0 aliphatic carbocycles. The molecule has 0 radical (unpaired) electrons. The van der Waals surface area contributed by atoms with E-state index in [0.717, 1.165) is 10.6 Å². The second kappa shape index (κ2) is 8.97. The quantitative estimate of drug-likeness (QED) is 0.725. The molecule has 0 spiro atoms. The number of nitrogens with one attached hydrogen (secondary N) is 1. The van der Waals surface area contributed by atoms with Crippen molar-refractivity contribution in [2.45, 2.75) is 39.2 Å². The Balaban J connectivity index is 2.04. The number of aromatic nitrogens is 1. The van der Waals surface area contributed by atoms with E-state index in [1.54, 1.807) is 6.07 Å². The number of rotatable bonds is 8. The normalized spacial score (nSPS) is 12.2. The first kappa shape index (κ1) is 19.4. The zero-order valence-electron chi connectivity index (χ0n) is 14.2. The molecule has 1 aromatic heterocycles. The molecule has 5 nitrogen and oxygen atoms in total. The van der Waals surface area contributed by atoms with Crippen molar-refractivity contribution < 1.29 is 14.7 Å². The van der Waals surface area contributed by atoms with Gasteiger partial charge < -0.3 is 10.4 Å². The first-order valence-electron chi connectivity index (χ1n) is 8.17. The molecule has 0 saturated heterocycles. The zero-order valence-corrected chi connectivity index (χ0v) is 15.7. The summed E-state index contributed by atoms with van der Waals surface area (Å²) in [5.41, 5.74) is 1.51. The van der Waals surface area contributed by atoms with Crippen LogP contribution in [-0.2, 0) is 16.0 Å². The number of thiazole rings is 1. The van der Waals surface area contributed by atoms with E-state index in [1.807, 2.05) is 37.4 Å². The second-order valence-electron chi connectivity index (χ2n) is 5.79. The van der Waals surface area contributed by atoms with Gasteiger partial charge in [0.2, 0.25) is 5.91 Å². The Bertz CT molecular complexity index is 743. The monoisotopic (exact) mass is 380 g/mol. The van der Waals surface area contributed by atoms with Gasteiger partial charge >= 0.3 is 5.97 Å². The lowest BCUT2D eigenvalue weighted by molar-refractivity contribution is -0.143. The van der Waals surface area contributed by atoms with Crippen LogP contribution in [0.4, 0.5) is 0 Å². The predicted molar refractivity (Wildman–Crippen MR) is 99.9 cm³/mol. The third kappa shape index (κ3) is 5.28. The van der Waals surface area contributed by atoms with Crippen LogP contribution in [0.2, 0.25) is 5.02 Å². The van der Waals surface area contributed by atoms with E-state index < -0.39 is 12.0 Å². The van der Waals surface area contributed by atoms with Crippen LogP contribution in [0.3, 0.4) is 0 Å². The summed E-state index contributed by atoms with van der Waals surface area (Å²) in [6.45, 7) is 3.85. The lowest BCUT2D eigenvalue weighted by Gasteiger charge is -2.22. The third-order valence-electron chi connectivity index (χ3n) is 4.07. The molecule has 1 heterocycles. The molecule has 0 saturated carbocycles. The SMILES string of the molecule is CCC(CC)C(NC(=O)Cc1csc(-c2cccc(Cl)c2)n1)C(=O)O. The fourth-order valence-electron chi connectivity index (χ4n) is 2.67. The molecule has 134 valence electrons. The molecule has 0 bridgehead atoms. The van der Waals surface area contributed by atoms with E-state index in [9.17, 15) is 14.7 Å². The summed E-state index contributed by atoms with van der Waals surface area (Å²) >= 11 is 7.41. The summed E-state index contributed by atoms with van der Waals surface area (Å²) in [7, 11) is 0. The number of amides is 1. The number of hydrogen-bond acceptors (Lipinski definition) is 4. The first-order chi connectivity index (χ1) is 11.9. The van der Waals surface area contributed by atoms with Gasteiger partial charge in [0.05, 0.1) is 12.1 Å². The number of carboxylic acid groups (broad SMARTS) is 1. The lowest BCUT2D eigenvalue weighted by atomic mass is 9.94. The third-order valence-corrected chi connectivity index (χ3v) is 5.24. The molecule has 0 aliphatic rings. The summed E-state index contributed by atoms with van der Waals surface area (Å²) in [6.07, 6.45) is 1.45. The molecule has 0 aliphatic heterocycles. The summed E-state index contributed by atoms with van der Waals surface area (Å²) in [6, 6.07) is 6.49. The van der Waals surface area contributed by atoms with E-state index in [4.69, 9.17) is 11.6 Å². The van der Waals surface area contributed by atoms with Crippen LogP contribution in [0.1, 0.15) is 32.4 Å². The average molecular weight is 381 g/mol. The van der Waals surface area contributed by atoms with Crippen molar-refractivity contribution in [2.75, 3.05) is 0 Å². The van der Waals surface area contributed by atoms with E-state index in [-0.39, 0.29) is 18.2 Å². The number of hydrogen-bond donors (Lipinski definition) is 2. The molecule has 2 aromatic rings. The predicted octanol–water partition coefficient (Wildman–Crippen LogP) is 4.01. The van der Waals surface area contributed by atoms with E-state index in [0.29, 0.717) is 23.6 Å². The fraction of sp³-hybridized carbons (Fsp3) is 0.389. The van der Waals surface area contributed by atoms with Crippen LogP contribution >= 0.6 is 22.9 Å². The summed E-state index contributed by atoms with van der Waals surface area (Å²) in [5, 5.41) is 15.2. The Morgan fingerprint density at radius 3 is 2.64 bits per heavy atom. The van der Waals surface area contributed by atoms with Gasteiger partial charge in [0, 0.05) is 16.0 Å². The van der Waals surface area contributed by atoms with Gasteiger partial charge in [-0.25, -0.2) is 9.78 Å². The summed E-state index contributed by atoms with van der Waals surface area (Å²) < 4.78 is 0. The highest BCUT2D eigenvalue weighted by Crippen LogP contribution is 2.26. The van der Waals surface area contributed by atoms with Gasteiger partial charge in [-0.2, -0.15) is 0 Å². The van der Waals surface area contributed by atoms with Crippen molar-refractivity contribution in [3.63, 3.8) is 0 Å². The maximum absolute atomic E-state index is 12.2. The Morgan fingerprint density at radius 1 is 1.32 bits per heavy atom. The fourth-order valence-corrected chi connectivity index (χ4v) is 3.68. The average Bonchev–Trinajstić information content (AvgIpc) is 3.03. The Hall–Kier alpha value is -1.92. The number of carbonyl (C=O) groups is 2. The topological polar surface area (TPSA) is 79.3 Å². The van der Waals surface area contributed by atoms with Gasteiger partial charge in [-0.15, -0.1) is 11.3 Å². The van der Waals surface area contributed by atoms with E-state index in [2.05, 4.69) is 10.3 Å². The molecule has 25 heavy (non-hydrogen) atoms. The van der Waals surface area contributed by atoms with Crippen molar-refractivity contribution >= 4 is 34.8 Å². The summed E-state index contributed by atoms with van der Waals surface area (Å²) in [4.78, 5) is 28.1. The van der Waals surface area contributed by atoms with Gasteiger partial charge in [0.1, 0.15) is 11.0 Å². The van der Waals surface area contributed by atoms with Crippen molar-refractivity contribution in [3.05, 3.63) is 40.4 Å². The number of benzene rings is 1. The van der Waals surface area contributed by atoms with E-state index >= 15 is 0 Å². The molecule has 1 amide bonds. The van der Waals surface area contributed by atoms with Gasteiger partial charge in [0.15, 0.2) is 0 Å². The van der Waals surface area contributed by atoms with Gasteiger partial charge in [-0.05, 0) is 18.1 Å². The molecule has 1 unspecified atom stereocenters. The number of carboxylic acids is 1. The number of nitrogens with zero attached hydrogens (tertiary/aromatic N) is 1. The second-order valence-corrected chi connectivity index (χ2v) is 7.09. The minimum absolute atomic E-state index is 0.0565. The summed E-state index contributed by atoms with van der Waals surface area (Å²) in [5.74, 6) is -1.42.